The first-order valence-corrected chi connectivity index (χ1v) is 6.80. The van der Waals surface area contributed by atoms with Gasteiger partial charge in [0.25, 0.3) is 5.91 Å². The molecule has 2 rings (SSSR count). The Bertz CT molecular complexity index is 716. The minimum atomic E-state index is -0.715. The third-order valence-corrected chi connectivity index (χ3v) is 3.40. The van der Waals surface area contributed by atoms with Gasteiger partial charge in [-0.15, -0.1) is 0 Å². The number of nitro groups is 1. The quantitative estimate of drug-likeness (QED) is 0.666. The monoisotopic (exact) mass is 320 g/mol. The average molecular weight is 321 g/mol. The fraction of sp³-hybridized carbons (Fsp3) is 0.133. The molecule has 22 heavy (non-hydrogen) atoms. The molecule has 0 spiro atoms. The number of benzene rings is 2. The van der Waals surface area contributed by atoms with Gasteiger partial charge in [0.15, 0.2) is 5.75 Å². The van der Waals surface area contributed by atoms with Crippen LogP contribution in [-0.2, 0) is 0 Å². The Morgan fingerprint density at radius 1 is 1.27 bits per heavy atom. The van der Waals surface area contributed by atoms with Gasteiger partial charge in [0.1, 0.15) is 0 Å². The van der Waals surface area contributed by atoms with E-state index in [1.54, 1.807) is 31.2 Å². The van der Waals surface area contributed by atoms with Crippen LogP contribution in [0.25, 0.3) is 0 Å². The average Bonchev–Trinajstić information content (AvgIpc) is 2.47. The predicted octanol–water partition coefficient (Wildman–Crippen LogP) is 3.44. The summed E-state index contributed by atoms with van der Waals surface area (Å²) in [5, 5.41) is 23.5. The van der Waals surface area contributed by atoms with E-state index in [0.717, 1.165) is 17.7 Å². The van der Waals surface area contributed by atoms with Gasteiger partial charge in [-0.25, -0.2) is 0 Å². The summed E-state index contributed by atoms with van der Waals surface area (Å²) in [6, 6.07) is 10.2. The molecule has 1 amide bonds. The van der Waals surface area contributed by atoms with E-state index in [4.69, 9.17) is 11.6 Å². The summed E-state index contributed by atoms with van der Waals surface area (Å²) in [4.78, 5) is 22.0. The smallest absolute Gasteiger partial charge is 0.310 e. The number of halogens is 1. The topological polar surface area (TPSA) is 92.5 Å². The Morgan fingerprint density at radius 3 is 2.45 bits per heavy atom. The van der Waals surface area contributed by atoms with Crippen molar-refractivity contribution in [2.24, 2.45) is 0 Å². The van der Waals surface area contributed by atoms with Crippen molar-refractivity contribution in [1.82, 2.24) is 5.32 Å². The summed E-state index contributed by atoms with van der Waals surface area (Å²) in [6.07, 6.45) is 0. The summed E-state index contributed by atoms with van der Waals surface area (Å²) in [5.74, 6) is -0.982. The molecule has 0 radical (unpaired) electrons. The number of nitro benzene ring substituents is 1. The van der Waals surface area contributed by atoms with Crippen LogP contribution >= 0.6 is 11.6 Å². The van der Waals surface area contributed by atoms with Gasteiger partial charge in [0, 0.05) is 16.7 Å². The van der Waals surface area contributed by atoms with E-state index in [0.29, 0.717) is 5.02 Å². The molecular weight excluding hydrogens is 308 g/mol. The lowest BCUT2D eigenvalue weighted by molar-refractivity contribution is -0.385. The first-order chi connectivity index (χ1) is 10.4. The molecule has 0 aliphatic rings. The standard InChI is InChI=1S/C15H13ClN2O4/c1-9(10-2-5-12(16)6-3-10)17-15(20)11-4-7-13(18(21)22)14(19)8-11/h2-9,19H,1H3,(H,17,20). The highest BCUT2D eigenvalue weighted by atomic mass is 35.5. The molecule has 0 bridgehead atoms. The normalized spacial score (nSPS) is 11.7. The molecule has 114 valence electrons. The van der Waals surface area contributed by atoms with Crippen LogP contribution in [0.3, 0.4) is 0 Å². The van der Waals surface area contributed by atoms with Crippen molar-refractivity contribution in [3.8, 4) is 5.75 Å². The Kier molecular flexibility index (Phi) is 4.62. The number of rotatable bonds is 4. The number of phenols is 1. The van der Waals surface area contributed by atoms with Crippen molar-refractivity contribution >= 4 is 23.2 Å². The van der Waals surface area contributed by atoms with Crippen molar-refractivity contribution in [3.63, 3.8) is 0 Å². The van der Waals surface area contributed by atoms with E-state index in [2.05, 4.69) is 5.32 Å². The van der Waals surface area contributed by atoms with Crippen molar-refractivity contribution in [1.29, 1.82) is 0 Å². The van der Waals surface area contributed by atoms with Gasteiger partial charge in [0.2, 0.25) is 0 Å². The minimum Gasteiger partial charge on any atom is -0.502 e. The van der Waals surface area contributed by atoms with Gasteiger partial charge in [-0.3, -0.25) is 14.9 Å². The number of carbonyl (C=O) groups is 1. The molecule has 1 unspecified atom stereocenters. The first-order valence-electron chi connectivity index (χ1n) is 6.42. The van der Waals surface area contributed by atoms with Crippen LogP contribution in [0.5, 0.6) is 5.75 Å². The van der Waals surface area contributed by atoms with E-state index in [-0.39, 0.29) is 11.6 Å². The van der Waals surface area contributed by atoms with Crippen LogP contribution in [0.1, 0.15) is 28.9 Å². The third kappa shape index (κ3) is 3.53. The number of nitrogens with one attached hydrogen (secondary N) is 1. The molecule has 2 N–H and O–H groups in total. The molecule has 2 aromatic rings. The summed E-state index contributed by atoms with van der Waals surface area (Å²) in [7, 11) is 0. The molecule has 0 aliphatic carbocycles. The first kappa shape index (κ1) is 15.8. The Morgan fingerprint density at radius 2 is 1.91 bits per heavy atom. The van der Waals surface area contributed by atoms with Gasteiger partial charge >= 0.3 is 5.69 Å². The molecule has 6 nitrogen and oxygen atoms in total. The molecule has 0 aromatic heterocycles. The fourth-order valence-electron chi connectivity index (χ4n) is 1.93. The highest BCUT2D eigenvalue weighted by Crippen LogP contribution is 2.26. The minimum absolute atomic E-state index is 0.143. The zero-order valence-corrected chi connectivity index (χ0v) is 12.4. The maximum Gasteiger partial charge on any atom is 0.310 e. The van der Waals surface area contributed by atoms with Crippen molar-refractivity contribution < 1.29 is 14.8 Å². The lowest BCUT2D eigenvalue weighted by Gasteiger charge is -2.14. The number of carbonyl (C=O) groups excluding carboxylic acids is 1. The maximum atomic E-state index is 12.1. The lowest BCUT2D eigenvalue weighted by Crippen LogP contribution is -2.26. The van der Waals surface area contributed by atoms with Crippen LogP contribution in [-0.4, -0.2) is 15.9 Å². The summed E-state index contributed by atoms with van der Waals surface area (Å²) in [5.41, 5.74) is 0.565. The number of phenolic OH excluding ortho intramolecular Hbond substituents is 1. The fourth-order valence-corrected chi connectivity index (χ4v) is 2.06. The molecule has 0 heterocycles. The number of nitrogens with zero attached hydrogens (tertiary/aromatic N) is 1. The van der Waals surface area contributed by atoms with Crippen LogP contribution in [0, 0.1) is 10.1 Å². The Balaban J connectivity index is 2.13. The highest BCUT2D eigenvalue weighted by Gasteiger charge is 2.17. The van der Waals surface area contributed by atoms with Crippen LogP contribution in [0.4, 0.5) is 5.69 Å². The lowest BCUT2D eigenvalue weighted by atomic mass is 10.1. The van der Waals surface area contributed by atoms with Gasteiger partial charge in [-0.2, -0.15) is 0 Å². The maximum absolute atomic E-state index is 12.1. The Labute approximate surface area is 131 Å². The zero-order valence-electron chi connectivity index (χ0n) is 11.6. The van der Waals surface area contributed by atoms with E-state index >= 15 is 0 Å². The van der Waals surface area contributed by atoms with Crippen LogP contribution < -0.4 is 5.32 Å². The number of hydrogen-bond acceptors (Lipinski definition) is 4. The van der Waals surface area contributed by atoms with E-state index in [1.165, 1.54) is 6.07 Å². The second kappa shape index (κ2) is 6.44. The Hall–Kier alpha value is -2.60. The van der Waals surface area contributed by atoms with Gasteiger partial charge in [-0.1, -0.05) is 23.7 Å². The van der Waals surface area contributed by atoms with E-state index in [9.17, 15) is 20.0 Å². The van der Waals surface area contributed by atoms with E-state index in [1.807, 2.05) is 0 Å². The van der Waals surface area contributed by atoms with Gasteiger partial charge in [0.05, 0.1) is 11.0 Å². The predicted molar refractivity (Wildman–Crippen MR) is 82.1 cm³/mol. The number of amides is 1. The summed E-state index contributed by atoms with van der Waals surface area (Å²) in [6.45, 7) is 1.80. The largest absolute Gasteiger partial charge is 0.502 e. The highest BCUT2D eigenvalue weighted by molar-refractivity contribution is 6.30. The van der Waals surface area contributed by atoms with Crippen molar-refractivity contribution in [2.45, 2.75) is 13.0 Å². The van der Waals surface area contributed by atoms with Crippen molar-refractivity contribution in [3.05, 3.63) is 68.7 Å². The van der Waals surface area contributed by atoms with E-state index < -0.39 is 22.3 Å². The molecule has 1 atom stereocenters. The summed E-state index contributed by atoms with van der Waals surface area (Å²) < 4.78 is 0. The van der Waals surface area contributed by atoms with Crippen molar-refractivity contribution in [2.75, 3.05) is 0 Å². The van der Waals surface area contributed by atoms with Gasteiger partial charge < -0.3 is 10.4 Å². The van der Waals surface area contributed by atoms with Crippen LogP contribution in [0.15, 0.2) is 42.5 Å². The molecule has 0 fully saturated rings. The summed E-state index contributed by atoms with van der Waals surface area (Å²) >= 11 is 5.81. The number of hydrogen-bond donors (Lipinski definition) is 2. The molecule has 0 saturated carbocycles. The molecule has 0 saturated heterocycles. The molecule has 0 aliphatic heterocycles. The number of aromatic hydroxyl groups is 1. The second-order valence-corrected chi connectivity index (χ2v) is 5.14. The third-order valence-electron chi connectivity index (χ3n) is 3.15. The molecular formula is C15H13ClN2O4. The SMILES string of the molecule is CC(NC(=O)c1ccc([N+](=O)[O-])c(O)c1)c1ccc(Cl)cc1. The zero-order chi connectivity index (χ0) is 16.3. The second-order valence-electron chi connectivity index (χ2n) is 4.71. The van der Waals surface area contributed by atoms with Gasteiger partial charge in [-0.05, 0) is 36.8 Å². The van der Waals surface area contributed by atoms with Crippen LogP contribution in [0.2, 0.25) is 5.02 Å². The molecule has 2 aromatic carbocycles. The molecule has 7 heteroatoms.